The summed E-state index contributed by atoms with van der Waals surface area (Å²) in [6, 6.07) is 14.4. The molecule has 2 aromatic carbocycles. The molecule has 0 spiro atoms. The van der Waals surface area contributed by atoms with Gasteiger partial charge in [0.25, 0.3) is 5.91 Å². The molecule has 0 bridgehead atoms. The Kier molecular flexibility index (Phi) is 5.50. The molecule has 2 N–H and O–H groups in total. The molecule has 2 amide bonds. The highest BCUT2D eigenvalue weighted by atomic mass is 32.1. The second-order valence-electron chi connectivity index (χ2n) is 5.39. The first-order valence-electron chi connectivity index (χ1n) is 7.84. The minimum atomic E-state index is -0.233. The van der Waals surface area contributed by atoms with Crippen LogP contribution in [0.2, 0.25) is 0 Å². The predicted molar refractivity (Wildman–Crippen MR) is 103 cm³/mol. The van der Waals surface area contributed by atoms with Gasteiger partial charge in [-0.25, -0.2) is 0 Å². The van der Waals surface area contributed by atoms with Crippen molar-refractivity contribution in [3.8, 4) is 11.3 Å². The van der Waals surface area contributed by atoms with Gasteiger partial charge in [0.05, 0.1) is 0 Å². The molecule has 0 saturated carbocycles. The summed E-state index contributed by atoms with van der Waals surface area (Å²) < 4.78 is 3.83. The van der Waals surface area contributed by atoms with Crippen LogP contribution in [0.25, 0.3) is 17.3 Å². The van der Waals surface area contributed by atoms with Gasteiger partial charge in [-0.1, -0.05) is 28.8 Å². The molecule has 0 saturated heterocycles. The zero-order valence-electron chi connectivity index (χ0n) is 14.0. The van der Waals surface area contributed by atoms with Crippen molar-refractivity contribution in [2.75, 3.05) is 12.4 Å². The number of nitrogens with zero attached hydrogens (tertiary/aromatic N) is 2. The van der Waals surface area contributed by atoms with E-state index in [1.165, 1.54) is 17.6 Å². The van der Waals surface area contributed by atoms with E-state index >= 15 is 0 Å². The number of benzene rings is 2. The Labute approximate surface area is 154 Å². The lowest BCUT2D eigenvalue weighted by atomic mass is 10.1. The molecule has 0 aliphatic rings. The highest BCUT2D eigenvalue weighted by Gasteiger charge is 2.03. The number of rotatable bonds is 5. The minimum Gasteiger partial charge on any atom is -0.355 e. The molecule has 3 aromatic rings. The van der Waals surface area contributed by atoms with Gasteiger partial charge in [0.1, 0.15) is 5.69 Å². The topological polar surface area (TPSA) is 84.0 Å². The first kappa shape index (κ1) is 17.5. The largest absolute Gasteiger partial charge is 0.355 e. The smallest absolute Gasteiger partial charge is 0.251 e. The molecular weight excluding hydrogens is 348 g/mol. The number of amides is 2. The van der Waals surface area contributed by atoms with Gasteiger partial charge < -0.3 is 10.6 Å². The van der Waals surface area contributed by atoms with Crippen molar-refractivity contribution in [3.63, 3.8) is 0 Å². The highest BCUT2D eigenvalue weighted by Crippen LogP contribution is 2.20. The molecule has 6 nitrogen and oxygen atoms in total. The van der Waals surface area contributed by atoms with Gasteiger partial charge in [-0.2, -0.15) is 0 Å². The van der Waals surface area contributed by atoms with Gasteiger partial charge in [-0.15, -0.1) is 5.10 Å². The van der Waals surface area contributed by atoms with E-state index in [1.54, 1.807) is 37.4 Å². The predicted octanol–water partition coefficient (Wildman–Crippen LogP) is 3.22. The molecule has 1 heterocycles. The Balaban J connectivity index is 1.59. The lowest BCUT2D eigenvalue weighted by molar-refractivity contribution is -0.111. The molecule has 0 radical (unpaired) electrons. The molecule has 0 fully saturated rings. The van der Waals surface area contributed by atoms with E-state index in [-0.39, 0.29) is 11.8 Å². The fourth-order valence-electron chi connectivity index (χ4n) is 2.26. The standard InChI is InChI=1S/C19H16N4O2S/c1-20-19(25)15-5-2-13(3-6-15)4-11-18(24)21-16-9-7-14(8-10-16)17-12-26-23-22-17/h2-12H,1H3,(H,20,25)(H,21,24)/b11-4+. The van der Waals surface area contributed by atoms with Crippen LogP contribution in [0.4, 0.5) is 5.69 Å². The van der Waals surface area contributed by atoms with Crippen LogP contribution in [-0.2, 0) is 4.79 Å². The van der Waals surface area contributed by atoms with Gasteiger partial charge in [-0.05, 0) is 47.4 Å². The van der Waals surface area contributed by atoms with Crippen molar-refractivity contribution < 1.29 is 9.59 Å². The number of hydrogen-bond donors (Lipinski definition) is 2. The van der Waals surface area contributed by atoms with E-state index < -0.39 is 0 Å². The van der Waals surface area contributed by atoms with Gasteiger partial charge >= 0.3 is 0 Å². The van der Waals surface area contributed by atoms with E-state index in [0.717, 1.165) is 16.8 Å². The van der Waals surface area contributed by atoms with Crippen LogP contribution in [0.3, 0.4) is 0 Å². The van der Waals surface area contributed by atoms with Crippen molar-refractivity contribution in [2.45, 2.75) is 0 Å². The molecule has 130 valence electrons. The highest BCUT2D eigenvalue weighted by molar-refractivity contribution is 7.03. The Hall–Kier alpha value is -3.32. The van der Waals surface area contributed by atoms with E-state index in [1.807, 2.05) is 29.6 Å². The molecule has 0 atom stereocenters. The molecule has 0 aliphatic carbocycles. The Bertz CT molecular complexity index is 917. The van der Waals surface area contributed by atoms with Crippen molar-refractivity contribution in [2.24, 2.45) is 0 Å². The lowest BCUT2D eigenvalue weighted by Gasteiger charge is -2.03. The van der Waals surface area contributed by atoms with E-state index in [4.69, 9.17) is 0 Å². The quantitative estimate of drug-likeness (QED) is 0.681. The van der Waals surface area contributed by atoms with Gasteiger partial charge in [-0.3, -0.25) is 9.59 Å². The average Bonchev–Trinajstić information content (AvgIpc) is 3.21. The summed E-state index contributed by atoms with van der Waals surface area (Å²) in [5.74, 6) is -0.376. The van der Waals surface area contributed by atoms with Crippen molar-refractivity contribution in [3.05, 3.63) is 71.1 Å². The van der Waals surface area contributed by atoms with E-state index in [2.05, 4.69) is 20.2 Å². The van der Waals surface area contributed by atoms with Crippen LogP contribution in [-0.4, -0.2) is 28.4 Å². The average molecular weight is 364 g/mol. The second-order valence-corrected chi connectivity index (χ2v) is 6.00. The normalized spacial score (nSPS) is 10.7. The maximum absolute atomic E-state index is 12.0. The molecular formula is C19H16N4O2S. The third kappa shape index (κ3) is 4.40. The number of nitrogens with one attached hydrogen (secondary N) is 2. The van der Waals surface area contributed by atoms with Crippen molar-refractivity contribution in [1.82, 2.24) is 14.9 Å². The molecule has 3 rings (SSSR count). The summed E-state index contributed by atoms with van der Waals surface area (Å²) >= 11 is 1.30. The molecule has 26 heavy (non-hydrogen) atoms. The van der Waals surface area contributed by atoms with Crippen LogP contribution in [0, 0.1) is 0 Å². The molecule has 7 heteroatoms. The number of aromatic nitrogens is 2. The van der Waals surface area contributed by atoms with E-state index in [9.17, 15) is 9.59 Å². The molecule has 0 unspecified atom stereocenters. The Morgan fingerprint density at radius 3 is 2.38 bits per heavy atom. The number of anilines is 1. The minimum absolute atomic E-state index is 0.143. The SMILES string of the molecule is CNC(=O)c1ccc(/C=C/C(=O)Nc2ccc(-c3csnn3)cc2)cc1. The third-order valence-corrected chi connectivity index (χ3v) is 4.14. The summed E-state index contributed by atoms with van der Waals surface area (Å²) in [4.78, 5) is 23.5. The zero-order chi connectivity index (χ0) is 18.4. The van der Waals surface area contributed by atoms with Crippen LogP contribution in [0.15, 0.2) is 60.0 Å². The van der Waals surface area contributed by atoms with Gasteiger partial charge in [0.2, 0.25) is 5.91 Å². The third-order valence-electron chi connectivity index (χ3n) is 3.64. The van der Waals surface area contributed by atoms with Gasteiger partial charge in [0, 0.05) is 35.3 Å². The summed E-state index contributed by atoms with van der Waals surface area (Å²) in [6.45, 7) is 0. The Morgan fingerprint density at radius 2 is 1.77 bits per heavy atom. The first-order valence-corrected chi connectivity index (χ1v) is 8.68. The first-order chi connectivity index (χ1) is 12.7. The summed E-state index contributed by atoms with van der Waals surface area (Å²) in [5.41, 5.74) is 3.86. The lowest BCUT2D eigenvalue weighted by Crippen LogP contribution is -2.17. The second kappa shape index (κ2) is 8.17. The number of carbonyl (C=O) groups is 2. The van der Waals surface area contributed by atoms with Gasteiger partial charge in [0.15, 0.2) is 0 Å². The van der Waals surface area contributed by atoms with E-state index in [0.29, 0.717) is 11.3 Å². The number of carbonyl (C=O) groups excluding carboxylic acids is 2. The summed E-state index contributed by atoms with van der Waals surface area (Å²) in [7, 11) is 1.58. The van der Waals surface area contributed by atoms with Crippen molar-refractivity contribution in [1.29, 1.82) is 0 Å². The summed E-state index contributed by atoms with van der Waals surface area (Å²) in [6.07, 6.45) is 3.14. The van der Waals surface area contributed by atoms with Crippen LogP contribution < -0.4 is 10.6 Å². The molecule has 1 aromatic heterocycles. The monoisotopic (exact) mass is 364 g/mol. The maximum atomic E-state index is 12.0. The fourth-order valence-corrected chi connectivity index (χ4v) is 2.73. The van der Waals surface area contributed by atoms with Crippen LogP contribution >= 0.6 is 11.5 Å². The zero-order valence-corrected chi connectivity index (χ0v) is 14.8. The number of hydrogen-bond acceptors (Lipinski definition) is 5. The van der Waals surface area contributed by atoms with Crippen molar-refractivity contribution >= 4 is 35.1 Å². The fraction of sp³-hybridized carbons (Fsp3) is 0.0526. The van der Waals surface area contributed by atoms with Crippen LogP contribution in [0.5, 0.6) is 0 Å². The van der Waals surface area contributed by atoms with Crippen LogP contribution in [0.1, 0.15) is 15.9 Å². The molecule has 0 aliphatic heterocycles. The summed E-state index contributed by atoms with van der Waals surface area (Å²) in [5, 5.41) is 11.2. The maximum Gasteiger partial charge on any atom is 0.251 e. The Morgan fingerprint density at radius 1 is 1.04 bits per heavy atom.